The van der Waals surface area contributed by atoms with E-state index in [1.165, 1.54) is 13.2 Å². The molecule has 0 radical (unpaired) electrons. The van der Waals surface area contributed by atoms with E-state index < -0.39 is 30.1 Å². The molecule has 3 N–H and O–H groups in total. The number of aliphatic hydroxyl groups is 2. The number of aliphatic hydroxyl groups excluding tert-OH is 2. The zero-order valence-electron chi connectivity index (χ0n) is 20.2. The number of hydrogen-bond acceptors (Lipinski definition) is 7. The molecule has 2 aliphatic rings. The number of aldehydes is 1. The molecule has 4 rings (SSSR count). The lowest BCUT2D eigenvalue weighted by Crippen LogP contribution is -2.55. The van der Waals surface area contributed by atoms with Gasteiger partial charge in [0, 0.05) is 36.2 Å². The predicted molar refractivity (Wildman–Crippen MR) is 131 cm³/mol. The summed E-state index contributed by atoms with van der Waals surface area (Å²) in [7, 11) is 1.45. The molecule has 0 aromatic heterocycles. The molecule has 0 unspecified atom stereocenters. The highest BCUT2D eigenvalue weighted by Gasteiger charge is 2.51. The first-order chi connectivity index (χ1) is 17.4. The van der Waals surface area contributed by atoms with E-state index in [4.69, 9.17) is 9.47 Å². The Bertz CT molecular complexity index is 1160. The van der Waals surface area contributed by atoms with Gasteiger partial charge in [0.2, 0.25) is 11.8 Å². The quantitative estimate of drug-likeness (QED) is 0.452. The van der Waals surface area contributed by atoms with Gasteiger partial charge in [0.1, 0.15) is 18.5 Å². The largest absolute Gasteiger partial charge is 0.493 e. The van der Waals surface area contributed by atoms with E-state index in [0.29, 0.717) is 28.9 Å². The summed E-state index contributed by atoms with van der Waals surface area (Å²) in [6, 6.07) is 11.7. The van der Waals surface area contributed by atoms with Crippen molar-refractivity contribution in [2.45, 2.75) is 44.1 Å². The van der Waals surface area contributed by atoms with Crippen LogP contribution in [0.3, 0.4) is 0 Å². The van der Waals surface area contributed by atoms with Crippen molar-refractivity contribution >= 4 is 18.1 Å². The van der Waals surface area contributed by atoms with Gasteiger partial charge < -0.3 is 29.9 Å². The lowest BCUT2D eigenvalue weighted by atomic mass is 9.77. The van der Waals surface area contributed by atoms with Crippen LogP contribution in [-0.2, 0) is 16.1 Å². The Morgan fingerprint density at radius 2 is 1.97 bits per heavy atom. The van der Waals surface area contributed by atoms with Crippen molar-refractivity contribution < 1.29 is 34.1 Å². The number of carbonyl (C=O) groups is 3. The van der Waals surface area contributed by atoms with E-state index in [-0.39, 0.29) is 37.6 Å². The second-order valence-corrected chi connectivity index (χ2v) is 8.76. The van der Waals surface area contributed by atoms with E-state index in [1.807, 2.05) is 30.3 Å². The number of nitrogens with one attached hydrogen (secondary N) is 1. The standard InChI is InChI=1S/C27H30N2O7/c1-3-22(32)29(14-16-7-5-4-6-8-16)20-13-19(27(34)28-9-10-30)23-18-11-17(15-31)12-21(35-2)25(18)36-26(23)24(20)33/h4-8,11-13,15,20,23-24,26,30,33H,3,9-10,14H2,1-2H3,(H,28,34)/t20-,23+,24+,26+/m1/s1. The minimum Gasteiger partial charge on any atom is -0.493 e. The molecule has 0 bridgehead atoms. The summed E-state index contributed by atoms with van der Waals surface area (Å²) in [5.74, 6) is -0.687. The van der Waals surface area contributed by atoms with Crippen LogP contribution >= 0.6 is 0 Å². The van der Waals surface area contributed by atoms with Crippen LogP contribution in [0.15, 0.2) is 54.1 Å². The third-order valence-electron chi connectivity index (χ3n) is 6.59. The fourth-order valence-electron chi connectivity index (χ4n) is 4.90. The Kier molecular flexibility index (Phi) is 7.71. The molecule has 1 aliphatic carbocycles. The maximum Gasteiger partial charge on any atom is 0.247 e. The summed E-state index contributed by atoms with van der Waals surface area (Å²) >= 11 is 0. The Morgan fingerprint density at radius 1 is 1.22 bits per heavy atom. The average molecular weight is 495 g/mol. The molecule has 1 aliphatic heterocycles. The van der Waals surface area contributed by atoms with Crippen molar-refractivity contribution in [3.63, 3.8) is 0 Å². The van der Waals surface area contributed by atoms with E-state index in [9.17, 15) is 24.6 Å². The van der Waals surface area contributed by atoms with Gasteiger partial charge in [-0.1, -0.05) is 37.3 Å². The lowest BCUT2D eigenvalue weighted by molar-refractivity contribution is -0.137. The monoisotopic (exact) mass is 494 g/mol. The van der Waals surface area contributed by atoms with Crippen LogP contribution in [0.2, 0.25) is 0 Å². The Hall–Kier alpha value is -3.69. The average Bonchev–Trinajstić information content (AvgIpc) is 3.30. The molecule has 4 atom stereocenters. The molecule has 190 valence electrons. The van der Waals surface area contributed by atoms with Gasteiger partial charge in [-0.3, -0.25) is 14.4 Å². The number of ether oxygens (including phenoxy) is 2. The number of amides is 2. The van der Waals surface area contributed by atoms with Crippen molar-refractivity contribution in [3.8, 4) is 11.5 Å². The summed E-state index contributed by atoms with van der Waals surface area (Å²) in [6.07, 6.45) is 0.424. The van der Waals surface area contributed by atoms with Gasteiger partial charge >= 0.3 is 0 Å². The zero-order valence-corrected chi connectivity index (χ0v) is 20.2. The zero-order chi connectivity index (χ0) is 25.8. The molecule has 1 heterocycles. The highest BCUT2D eigenvalue weighted by molar-refractivity contribution is 5.96. The van der Waals surface area contributed by atoms with Gasteiger partial charge in [0.25, 0.3) is 0 Å². The first-order valence-electron chi connectivity index (χ1n) is 11.9. The molecule has 0 fully saturated rings. The van der Waals surface area contributed by atoms with E-state index in [2.05, 4.69) is 5.32 Å². The summed E-state index contributed by atoms with van der Waals surface area (Å²) in [4.78, 5) is 39.4. The summed E-state index contributed by atoms with van der Waals surface area (Å²) in [5.41, 5.74) is 2.05. The molecule has 36 heavy (non-hydrogen) atoms. The number of carbonyl (C=O) groups excluding carboxylic acids is 3. The maximum absolute atomic E-state index is 13.3. The second kappa shape index (κ2) is 10.9. The van der Waals surface area contributed by atoms with Crippen LogP contribution < -0.4 is 14.8 Å². The van der Waals surface area contributed by atoms with Crippen LogP contribution in [0.25, 0.3) is 0 Å². The van der Waals surface area contributed by atoms with Crippen molar-refractivity contribution in [1.82, 2.24) is 10.2 Å². The summed E-state index contributed by atoms with van der Waals surface area (Å²) < 4.78 is 11.6. The van der Waals surface area contributed by atoms with Gasteiger partial charge in [-0.25, -0.2) is 0 Å². The van der Waals surface area contributed by atoms with Crippen LogP contribution in [0.4, 0.5) is 0 Å². The third-order valence-corrected chi connectivity index (χ3v) is 6.59. The highest BCUT2D eigenvalue weighted by atomic mass is 16.5. The van der Waals surface area contributed by atoms with Crippen molar-refractivity contribution in [1.29, 1.82) is 0 Å². The highest BCUT2D eigenvalue weighted by Crippen LogP contribution is 2.51. The van der Waals surface area contributed by atoms with Crippen molar-refractivity contribution in [3.05, 3.63) is 70.8 Å². The topological polar surface area (TPSA) is 125 Å². The molecule has 2 aromatic rings. The second-order valence-electron chi connectivity index (χ2n) is 8.76. The molecule has 2 aromatic carbocycles. The molecular formula is C27H30N2O7. The van der Waals surface area contributed by atoms with E-state index in [0.717, 1.165) is 5.56 Å². The fraction of sp³-hybridized carbons (Fsp3) is 0.370. The predicted octanol–water partition coefficient (Wildman–Crippen LogP) is 1.57. The van der Waals surface area contributed by atoms with Crippen molar-refractivity contribution in [2.24, 2.45) is 0 Å². The molecule has 0 saturated heterocycles. The number of fused-ring (bicyclic) bond motifs is 3. The minimum atomic E-state index is -1.17. The molecule has 2 amide bonds. The Labute approximate surface area is 209 Å². The van der Waals surface area contributed by atoms with Gasteiger partial charge in [-0.05, 0) is 23.8 Å². The van der Waals surface area contributed by atoms with Gasteiger partial charge in [0.15, 0.2) is 11.5 Å². The molecule has 0 saturated carbocycles. The number of nitrogens with zero attached hydrogens (tertiary/aromatic N) is 1. The summed E-state index contributed by atoms with van der Waals surface area (Å²) in [5, 5.41) is 23.4. The van der Waals surface area contributed by atoms with Gasteiger partial charge in [-0.15, -0.1) is 0 Å². The van der Waals surface area contributed by atoms with Crippen LogP contribution in [-0.4, -0.2) is 71.7 Å². The number of hydrogen-bond donors (Lipinski definition) is 3. The normalized spacial score (nSPS) is 21.9. The first kappa shape index (κ1) is 25.4. The fourth-order valence-corrected chi connectivity index (χ4v) is 4.90. The molecule has 9 heteroatoms. The smallest absolute Gasteiger partial charge is 0.247 e. The van der Waals surface area contributed by atoms with Gasteiger partial charge in [0.05, 0.1) is 25.7 Å². The number of methoxy groups -OCH3 is 1. The Balaban J connectivity index is 1.82. The molecule has 9 nitrogen and oxygen atoms in total. The third kappa shape index (κ3) is 4.72. The number of rotatable bonds is 9. The van der Waals surface area contributed by atoms with Crippen LogP contribution in [0.1, 0.15) is 40.7 Å². The summed E-state index contributed by atoms with van der Waals surface area (Å²) in [6.45, 7) is 1.77. The Morgan fingerprint density at radius 3 is 2.61 bits per heavy atom. The molecule has 0 spiro atoms. The number of benzene rings is 2. The van der Waals surface area contributed by atoms with Crippen LogP contribution in [0.5, 0.6) is 11.5 Å². The minimum absolute atomic E-state index is 0.0355. The van der Waals surface area contributed by atoms with Crippen LogP contribution in [0, 0.1) is 0 Å². The van der Waals surface area contributed by atoms with Crippen molar-refractivity contribution in [2.75, 3.05) is 20.3 Å². The van der Waals surface area contributed by atoms with E-state index >= 15 is 0 Å². The van der Waals surface area contributed by atoms with Gasteiger partial charge in [-0.2, -0.15) is 0 Å². The molecular weight excluding hydrogens is 464 g/mol. The maximum atomic E-state index is 13.3. The lowest BCUT2D eigenvalue weighted by Gasteiger charge is -2.40. The SMILES string of the molecule is CCC(=O)N(Cc1ccccc1)[C@@H]1C=C(C(=O)NCCO)[C@@H]2c3cc(C=O)cc(OC)c3O[C@@H]2[C@H]1O. The van der Waals surface area contributed by atoms with E-state index in [1.54, 1.807) is 24.0 Å². The first-order valence-corrected chi connectivity index (χ1v) is 11.9.